The highest BCUT2D eigenvalue weighted by molar-refractivity contribution is 9.10. The molecular weight excluding hydrogens is 410 g/mol. The number of nitrogens with zero attached hydrogens (tertiary/aromatic N) is 1. The summed E-state index contributed by atoms with van der Waals surface area (Å²) in [4.78, 5) is 14.9. The molecule has 0 saturated heterocycles. The van der Waals surface area contributed by atoms with Crippen molar-refractivity contribution in [2.75, 3.05) is 4.90 Å². The van der Waals surface area contributed by atoms with Crippen LogP contribution in [-0.2, 0) is 10.2 Å². The van der Waals surface area contributed by atoms with Crippen molar-refractivity contribution in [2.24, 2.45) is 0 Å². The standard InChI is InChI=1S/C25H24BrNO/c1-25(2,3)20-13-15-22(16-14-20)27(23-11-7-10-21(26)18-23)24(28)17-12-19-8-5-4-6-9-19/h4-18H,1-3H3. The summed E-state index contributed by atoms with van der Waals surface area (Å²) in [6.45, 7) is 6.55. The van der Waals surface area contributed by atoms with E-state index >= 15 is 0 Å². The lowest BCUT2D eigenvalue weighted by molar-refractivity contribution is -0.113. The molecule has 0 aromatic heterocycles. The van der Waals surface area contributed by atoms with Gasteiger partial charge in [0.25, 0.3) is 5.91 Å². The Kier molecular flexibility index (Phi) is 6.15. The van der Waals surface area contributed by atoms with E-state index < -0.39 is 0 Å². The van der Waals surface area contributed by atoms with Gasteiger partial charge in [-0.2, -0.15) is 0 Å². The predicted octanol–water partition coefficient (Wildman–Crippen LogP) is 7.12. The van der Waals surface area contributed by atoms with E-state index in [1.807, 2.05) is 72.8 Å². The number of carbonyl (C=O) groups is 1. The fourth-order valence-corrected chi connectivity index (χ4v) is 3.32. The van der Waals surface area contributed by atoms with Crippen LogP contribution in [0.5, 0.6) is 0 Å². The lowest BCUT2D eigenvalue weighted by atomic mass is 9.87. The second-order valence-corrected chi connectivity index (χ2v) is 8.61. The number of halogens is 1. The maximum Gasteiger partial charge on any atom is 0.255 e. The number of benzene rings is 3. The van der Waals surface area contributed by atoms with Crippen molar-refractivity contribution in [3.05, 3.63) is 101 Å². The first-order chi connectivity index (χ1) is 13.3. The summed E-state index contributed by atoms with van der Waals surface area (Å²) < 4.78 is 0.932. The molecule has 0 heterocycles. The minimum atomic E-state index is -0.0922. The molecule has 3 heteroatoms. The number of anilines is 2. The van der Waals surface area contributed by atoms with Crippen molar-refractivity contribution in [3.63, 3.8) is 0 Å². The van der Waals surface area contributed by atoms with Crippen LogP contribution in [0.25, 0.3) is 6.08 Å². The first-order valence-electron chi connectivity index (χ1n) is 9.28. The van der Waals surface area contributed by atoms with Crippen LogP contribution in [0.3, 0.4) is 0 Å². The van der Waals surface area contributed by atoms with E-state index in [0.29, 0.717) is 0 Å². The monoisotopic (exact) mass is 433 g/mol. The highest BCUT2D eigenvalue weighted by Gasteiger charge is 2.18. The molecule has 0 bridgehead atoms. The molecule has 0 N–H and O–H groups in total. The summed E-state index contributed by atoms with van der Waals surface area (Å²) in [5.41, 5.74) is 3.95. The molecule has 3 aromatic rings. The van der Waals surface area contributed by atoms with Crippen molar-refractivity contribution in [2.45, 2.75) is 26.2 Å². The van der Waals surface area contributed by atoms with Gasteiger partial charge in [0, 0.05) is 16.2 Å². The van der Waals surface area contributed by atoms with Gasteiger partial charge in [0.05, 0.1) is 5.69 Å². The molecule has 0 atom stereocenters. The number of hydrogen-bond donors (Lipinski definition) is 0. The zero-order chi connectivity index (χ0) is 20.1. The molecule has 0 aliphatic carbocycles. The molecule has 2 nitrogen and oxygen atoms in total. The summed E-state index contributed by atoms with van der Waals surface area (Å²) in [7, 11) is 0. The van der Waals surface area contributed by atoms with Gasteiger partial charge >= 0.3 is 0 Å². The van der Waals surface area contributed by atoms with Gasteiger partial charge in [0.1, 0.15) is 0 Å². The van der Waals surface area contributed by atoms with Crippen molar-refractivity contribution in [1.29, 1.82) is 0 Å². The van der Waals surface area contributed by atoms with E-state index in [2.05, 4.69) is 48.8 Å². The normalized spacial score (nSPS) is 11.6. The fourth-order valence-electron chi connectivity index (χ4n) is 2.94. The van der Waals surface area contributed by atoms with Gasteiger partial charge < -0.3 is 0 Å². The minimum absolute atomic E-state index is 0.0658. The number of amides is 1. The summed E-state index contributed by atoms with van der Waals surface area (Å²) in [6, 6.07) is 25.8. The van der Waals surface area contributed by atoms with Gasteiger partial charge in [-0.25, -0.2) is 0 Å². The Balaban J connectivity index is 1.98. The Morgan fingerprint density at radius 3 is 2.14 bits per heavy atom. The number of hydrogen-bond acceptors (Lipinski definition) is 1. The third-order valence-corrected chi connectivity index (χ3v) is 4.99. The van der Waals surface area contributed by atoms with Crippen LogP contribution in [-0.4, -0.2) is 5.91 Å². The summed E-state index contributed by atoms with van der Waals surface area (Å²) in [5, 5.41) is 0. The third-order valence-electron chi connectivity index (χ3n) is 4.50. The smallest absolute Gasteiger partial charge is 0.255 e. The van der Waals surface area contributed by atoms with Gasteiger partial charge in [-0.3, -0.25) is 9.69 Å². The van der Waals surface area contributed by atoms with Gasteiger partial charge in [0.2, 0.25) is 0 Å². The second kappa shape index (κ2) is 8.57. The largest absolute Gasteiger partial charge is 0.277 e. The number of rotatable bonds is 4. The molecule has 28 heavy (non-hydrogen) atoms. The molecule has 3 rings (SSSR count). The zero-order valence-corrected chi connectivity index (χ0v) is 18.0. The fraction of sp³-hybridized carbons (Fsp3) is 0.160. The lowest BCUT2D eigenvalue weighted by Crippen LogP contribution is -2.24. The van der Waals surface area contributed by atoms with Crippen LogP contribution in [0.1, 0.15) is 31.9 Å². The first kappa shape index (κ1) is 20.1. The van der Waals surface area contributed by atoms with E-state index in [0.717, 1.165) is 21.4 Å². The van der Waals surface area contributed by atoms with Gasteiger partial charge in [-0.1, -0.05) is 85.2 Å². The summed E-state index contributed by atoms with van der Waals surface area (Å²) >= 11 is 3.51. The quantitative estimate of drug-likeness (QED) is 0.400. The van der Waals surface area contributed by atoms with E-state index in [-0.39, 0.29) is 11.3 Å². The highest BCUT2D eigenvalue weighted by Crippen LogP contribution is 2.31. The maximum atomic E-state index is 13.1. The van der Waals surface area contributed by atoms with Crippen molar-refractivity contribution < 1.29 is 4.79 Å². The Bertz CT molecular complexity index is 969. The Morgan fingerprint density at radius 1 is 0.857 bits per heavy atom. The molecule has 0 aliphatic heterocycles. The van der Waals surface area contributed by atoms with Crippen LogP contribution < -0.4 is 4.90 Å². The second-order valence-electron chi connectivity index (χ2n) is 7.69. The van der Waals surface area contributed by atoms with Gasteiger partial charge in [-0.15, -0.1) is 0 Å². The number of carbonyl (C=O) groups excluding carboxylic acids is 1. The van der Waals surface area contributed by atoms with Gasteiger partial charge in [-0.05, 0) is 52.9 Å². The average molecular weight is 434 g/mol. The van der Waals surface area contributed by atoms with Gasteiger partial charge in [0.15, 0.2) is 0 Å². The molecule has 0 fully saturated rings. The molecule has 0 spiro atoms. The molecule has 0 saturated carbocycles. The molecule has 142 valence electrons. The van der Waals surface area contributed by atoms with Crippen LogP contribution >= 0.6 is 15.9 Å². The average Bonchev–Trinajstić information content (AvgIpc) is 2.67. The van der Waals surface area contributed by atoms with E-state index in [9.17, 15) is 4.79 Å². The molecule has 0 radical (unpaired) electrons. The topological polar surface area (TPSA) is 20.3 Å². The first-order valence-corrected chi connectivity index (χ1v) is 10.1. The Hall–Kier alpha value is -2.65. The molecule has 0 aliphatic rings. The van der Waals surface area contributed by atoms with E-state index in [1.54, 1.807) is 11.0 Å². The molecular formula is C25H24BrNO. The molecule has 1 amide bonds. The van der Waals surface area contributed by atoms with Crippen molar-refractivity contribution >= 4 is 39.3 Å². The predicted molar refractivity (Wildman–Crippen MR) is 122 cm³/mol. The van der Waals surface area contributed by atoms with Crippen molar-refractivity contribution in [3.8, 4) is 0 Å². The zero-order valence-electron chi connectivity index (χ0n) is 16.4. The van der Waals surface area contributed by atoms with Crippen LogP contribution in [0, 0.1) is 0 Å². The minimum Gasteiger partial charge on any atom is -0.277 e. The SMILES string of the molecule is CC(C)(C)c1ccc(N(C(=O)C=Cc2ccccc2)c2cccc(Br)c2)cc1. The van der Waals surface area contributed by atoms with Crippen LogP contribution in [0.4, 0.5) is 11.4 Å². The summed E-state index contributed by atoms with van der Waals surface area (Å²) in [5.74, 6) is -0.0922. The Morgan fingerprint density at radius 2 is 1.54 bits per heavy atom. The van der Waals surface area contributed by atoms with E-state index in [4.69, 9.17) is 0 Å². The van der Waals surface area contributed by atoms with E-state index in [1.165, 1.54) is 5.56 Å². The molecule has 3 aromatic carbocycles. The Labute approximate surface area is 175 Å². The summed E-state index contributed by atoms with van der Waals surface area (Å²) in [6.07, 6.45) is 3.46. The highest BCUT2D eigenvalue weighted by atomic mass is 79.9. The lowest BCUT2D eigenvalue weighted by Gasteiger charge is -2.24. The van der Waals surface area contributed by atoms with Crippen LogP contribution in [0.2, 0.25) is 0 Å². The van der Waals surface area contributed by atoms with Crippen LogP contribution in [0.15, 0.2) is 89.4 Å². The maximum absolute atomic E-state index is 13.1. The third kappa shape index (κ3) is 4.99. The van der Waals surface area contributed by atoms with Crippen molar-refractivity contribution in [1.82, 2.24) is 0 Å². The molecule has 0 unspecified atom stereocenters.